The van der Waals surface area contributed by atoms with Gasteiger partial charge in [-0.2, -0.15) is 0 Å². The van der Waals surface area contributed by atoms with Crippen LogP contribution in [0.4, 0.5) is 10.5 Å². The highest BCUT2D eigenvalue weighted by Gasteiger charge is 2.49. The second-order valence-corrected chi connectivity index (χ2v) is 8.77. The van der Waals surface area contributed by atoms with E-state index in [1.807, 2.05) is 6.07 Å². The molecule has 1 aromatic rings. The monoisotopic (exact) mass is 350 g/mol. The highest BCUT2D eigenvalue weighted by Crippen LogP contribution is 2.53. The van der Waals surface area contributed by atoms with E-state index in [0.29, 0.717) is 19.1 Å². The topological polar surface area (TPSA) is 43.8 Å². The minimum atomic E-state index is -0.828. The highest BCUT2D eigenvalue weighted by atomic mass is 35.5. The first-order chi connectivity index (χ1) is 11.1. The zero-order chi connectivity index (χ0) is 17.8. The Morgan fingerprint density at radius 1 is 1.33 bits per heavy atom. The molecule has 0 saturated heterocycles. The van der Waals surface area contributed by atoms with Crippen LogP contribution >= 0.6 is 11.6 Å². The largest absolute Gasteiger partial charge is 0.465 e. The molecule has 1 N–H and O–H groups in total. The quantitative estimate of drug-likeness (QED) is 0.804. The summed E-state index contributed by atoms with van der Waals surface area (Å²) in [6.45, 7) is 12.2. The third kappa shape index (κ3) is 2.65. The fraction of sp³-hybridized carbons (Fsp3) is 0.632. The summed E-state index contributed by atoms with van der Waals surface area (Å²) >= 11 is 6.62. The fourth-order valence-electron chi connectivity index (χ4n) is 4.56. The number of halogens is 1. The average Bonchev–Trinajstić information content (AvgIpc) is 2.70. The molecule has 0 fully saturated rings. The summed E-state index contributed by atoms with van der Waals surface area (Å²) in [5, 5.41) is 10.4. The lowest BCUT2D eigenvalue weighted by Crippen LogP contribution is -2.49. The molecular weight excluding hydrogens is 324 g/mol. The van der Waals surface area contributed by atoms with Crippen molar-refractivity contribution in [2.45, 2.75) is 59.0 Å². The number of rotatable bonds is 1. The van der Waals surface area contributed by atoms with Gasteiger partial charge in [-0.1, -0.05) is 38.4 Å². The number of benzene rings is 1. The van der Waals surface area contributed by atoms with Gasteiger partial charge in [-0.15, -0.1) is 0 Å². The molecule has 2 aliphatic heterocycles. The number of amides is 1. The summed E-state index contributed by atoms with van der Waals surface area (Å²) < 4.78 is 0. The van der Waals surface area contributed by atoms with E-state index in [-0.39, 0.29) is 17.4 Å². The molecule has 0 saturated carbocycles. The van der Waals surface area contributed by atoms with E-state index in [1.54, 1.807) is 4.90 Å². The van der Waals surface area contributed by atoms with Gasteiger partial charge < -0.3 is 14.9 Å². The van der Waals surface area contributed by atoms with E-state index in [2.05, 4.69) is 45.6 Å². The van der Waals surface area contributed by atoms with E-state index in [0.717, 1.165) is 17.1 Å². The fourth-order valence-corrected chi connectivity index (χ4v) is 4.82. The van der Waals surface area contributed by atoms with E-state index in [4.69, 9.17) is 11.6 Å². The smallest absolute Gasteiger partial charge is 0.407 e. The number of carboxylic acid groups (broad SMARTS) is 1. The lowest BCUT2D eigenvalue weighted by atomic mass is 9.77. The van der Waals surface area contributed by atoms with Crippen LogP contribution in [0.2, 0.25) is 5.02 Å². The van der Waals surface area contributed by atoms with Crippen LogP contribution in [-0.2, 0) is 6.42 Å². The number of nitrogens with zero attached hydrogens (tertiary/aromatic N) is 2. The zero-order valence-electron chi connectivity index (χ0n) is 15.1. The summed E-state index contributed by atoms with van der Waals surface area (Å²) in [5.74, 6) is 0.162. The van der Waals surface area contributed by atoms with Crippen molar-refractivity contribution in [1.82, 2.24) is 4.90 Å². The van der Waals surface area contributed by atoms with Crippen LogP contribution in [0.25, 0.3) is 0 Å². The Kier molecular flexibility index (Phi) is 4.23. The number of carbonyl (C=O) groups is 1. The molecule has 5 heteroatoms. The Morgan fingerprint density at radius 2 is 2.00 bits per heavy atom. The first-order valence-corrected chi connectivity index (χ1v) is 9.08. The SMILES string of the molecule is CC(C)N1c2c(Cl)ccc3c2[C@H](CN(C(=O)O)CC3)C1C(C)(C)C. The van der Waals surface area contributed by atoms with E-state index >= 15 is 0 Å². The van der Waals surface area contributed by atoms with Crippen LogP contribution in [0, 0.1) is 5.41 Å². The Morgan fingerprint density at radius 3 is 2.54 bits per heavy atom. The van der Waals surface area contributed by atoms with Gasteiger partial charge in [0, 0.05) is 31.1 Å². The number of anilines is 1. The van der Waals surface area contributed by atoms with Gasteiger partial charge in [0.25, 0.3) is 0 Å². The maximum absolute atomic E-state index is 11.7. The molecule has 132 valence electrons. The highest BCUT2D eigenvalue weighted by molar-refractivity contribution is 6.33. The molecule has 0 aromatic heterocycles. The van der Waals surface area contributed by atoms with Gasteiger partial charge in [0.15, 0.2) is 0 Å². The summed E-state index contributed by atoms with van der Waals surface area (Å²) in [6, 6.07) is 4.60. The molecule has 24 heavy (non-hydrogen) atoms. The van der Waals surface area contributed by atoms with Gasteiger partial charge >= 0.3 is 6.09 Å². The molecule has 1 amide bonds. The van der Waals surface area contributed by atoms with Crippen molar-refractivity contribution in [2.24, 2.45) is 5.41 Å². The van der Waals surface area contributed by atoms with Crippen molar-refractivity contribution in [3.8, 4) is 0 Å². The van der Waals surface area contributed by atoms with Crippen LogP contribution in [0.15, 0.2) is 12.1 Å². The molecule has 2 aliphatic rings. The van der Waals surface area contributed by atoms with Gasteiger partial charge in [-0.05, 0) is 42.9 Å². The summed E-state index contributed by atoms with van der Waals surface area (Å²) in [7, 11) is 0. The molecule has 2 atom stereocenters. The van der Waals surface area contributed by atoms with E-state index < -0.39 is 6.09 Å². The second kappa shape index (κ2) is 5.83. The molecule has 0 spiro atoms. The molecule has 1 aromatic carbocycles. The number of hydrogen-bond acceptors (Lipinski definition) is 2. The molecule has 3 rings (SSSR count). The maximum Gasteiger partial charge on any atom is 0.407 e. The third-order valence-electron chi connectivity index (χ3n) is 5.35. The Balaban J connectivity index is 2.22. The first-order valence-electron chi connectivity index (χ1n) is 8.70. The average molecular weight is 351 g/mol. The van der Waals surface area contributed by atoms with Crippen molar-refractivity contribution in [2.75, 3.05) is 18.0 Å². The van der Waals surface area contributed by atoms with Gasteiger partial charge in [-0.25, -0.2) is 4.79 Å². The minimum Gasteiger partial charge on any atom is -0.465 e. The van der Waals surface area contributed by atoms with E-state index in [9.17, 15) is 9.90 Å². The lowest BCUT2D eigenvalue weighted by Gasteiger charge is -2.43. The van der Waals surface area contributed by atoms with E-state index in [1.165, 1.54) is 11.1 Å². The molecular formula is C19H27ClN2O2. The standard InChI is InChI=1S/C19H27ClN2O2/c1-11(2)22-16-14(20)7-6-12-8-9-21(18(23)24)10-13(15(12)16)17(22)19(3,4)5/h6-7,11,13,17H,8-10H2,1-5H3,(H,23,24)/t13-,17?/m0/s1. The normalized spacial score (nSPS) is 23.5. The lowest BCUT2D eigenvalue weighted by molar-refractivity contribution is 0.137. The summed E-state index contributed by atoms with van der Waals surface area (Å²) in [6.07, 6.45) is -0.0726. The van der Waals surface area contributed by atoms with Crippen molar-refractivity contribution in [3.05, 3.63) is 28.3 Å². The summed E-state index contributed by atoms with van der Waals surface area (Å²) in [4.78, 5) is 15.7. The van der Waals surface area contributed by atoms with Crippen LogP contribution in [0.3, 0.4) is 0 Å². The molecule has 0 bridgehead atoms. The Hall–Kier alpha value is -1.42. The van der Waals surface area contributed by atoms with Crippen LogP contribution < -0.4 is 4.90 Å². The van der Waals surface area contributed by atoms with Crippen LogP contribution in [0.5, 0.6) is 0 Å². The van der Waals surface area contributed by atoms with Crippen molar-refractivity contribution >= 4 is 23.4 Å². The van der Waals surface area contributed by atoms with Crippen LogP contribution in [0.1, 0.15) is 51.7 Å². The predicted octanol–water partition coefficient (Wildman–Crippen LogP) is 4.60. The minimum absolute atomic E-state index is 0.0169. The van der Waals surface area contributed by atoms with Crippen molar-refractivity contribution < 1.29 is 9.90 Å². The zero-order valence-corrected chi connectivity index (χ0v) is 15.9. The molecule has 2 heterocycles. The van der Waals surface area contributed by atoms with Gasteiger partial charge in [0.2, 0.25) is 0 Å². The molecule has 4 nitrogen and oxygen atoms in total. The second-order valence-electron chi connectivity index (χ2n) is 8.37. The third-order valence-corrected chi connectivity index (χ3v) is 5.66. The van der Waals surface area contributed by atoms with Crippen molar-refractivity contribution in [1.29, 1.82) is 0 Å². The molecule has 1 unspecified atom stereocenters. The number of hydrogen-bond donors (Lipinski definition) is 1. The Labute approximate surface area is 149 Å². The van der Waals surface area contributed by atoms with Crippen molar-refractivity contribution in [3.63, 3.8) is 0 Å². The molecule has 0 radical (unpaired) electrons. The van der Waals surface area contributed by atoms with Gasteiger partial charge in [0.05, 0.1) is 10.7 Å². The first kappa shape index (κ1) is 17.4. The van der Waals surface area contributed by atoms with Crippen LogP contribution in [-0.4, -0.2) is 41.3 Å². The van der Waals surface area contributed by atoms with Gasteiger partial charge in [-0.3, -0.25) is 0 Å². The molecule has 0 aliphatic carbocycles. The Bertz CT molecular complexity index is 666. The summed E-state index contributed by atoms with van der Waals surface area (Å²) in [5.41, 5.74) is 3.67. The predicted molar refractivity (Wildman–Crippen MR) is 98.4 cm³/mol. The van der Waals surface area contributed by atoms with Gasteiger partial charge in [0.1, 0.15) is 0 Å². The maximum atomic E-state index is 11.7.